The zero-order valence-corrected chi connectivity index (χ0v) is 14.0. The summed E-state index contributed by atoms with van der Waals surface area (Å²) in [6, 6.07) is 11.4. The van der Waals surface area contributed by atoms with Gasteiger partial charge in [0.15, 0.2) is 0 Å². The molecule has 0 aliphatic rings. The van der Waals surface area contributed by atoms with Crippen LogP contribution in [0.15, 0.2) is 48.5 Å². The highest BCUT2D eigenvalue weighted by atomic mass is 16.7. The van der Waals surface area contributed by atoms with Gasteiger partial charge in [-0.2, -0.15) is 0 Å². The Morgan fingerprint density at radius 3 is 1.32 bits per heavy atom. The van der Waals surface area contributed by atoms with Crippen LogP contribution in [0.4, 0.5) is 11.4 Å². The molecule has 0 atom stereocenters. The second-order valence-electron chi connectivity index (χ2n) is 6.44. The summed E-state index contributed by atoms with van der Waals surface area (Å²) in [5.41, 5.74) is -0.476. The quantitative estimate of drug-likeness (QED) is 0.438. The van der Waals surface area contributed by atoms with E-state index in [4.69, 9.17) is 9.47 Å². The molecule has 2 aromatic carbocycles. The van der Waals surface area contributed by atoms with Gasteiger partial charge in [0.2, 0.25) is 6.29 Å². The Kier molecular flexibility index (Phi) is 5.21. The summed E-state index contributed by atoms with van der Waals surface area (Å²) in [4.78, 5) is 20.4. The maximum absolute atomic E-state index is 10.7. The Morgan fingerprint density at radius 2 is 1.08 bits per heavy atom. The maximum atomic E-state index is 10.7. The number of benzene rings is 2. The van der Waals surface area contributed by atoms with E-state index < -0.39 is 21.6 Å². The van der Waals surface area contributed by atoms with Gasteiger partial charge in [-0.1, -0.05) is 20.8 Å². The molecule has 0 spiro atoms. The number of rotatable bonds is 6. The minimum Gasteiger partial charge on any atom is -0.454 e. The summed E-state index contributed by atoms with van der Waals surface area (Å²) in [5.74, 6) is 0.847. The van der Waals surface area contributed by atoms with Gasteiger partial charge in [-0.25, -0.2) is 0 Å². The van der Waals surface area contributed by atoms with Gasteiger partial charge in [-0.15, -0.1) is 0 Å². The minimum atomic E-state index is -0.699. The Hall–Kier alpha value is -3.16. The normalized spacial score (nSPS) is 11.2. The number of non-ortho nitro benzene ring substituents is 2. The second kappa shape index (κ2) is 7.16. The van der Waals surface area contributed by atoms with E-state index in [0.29, 0.717) is 11.5 Å². The van der Waals surface area contributed by atoms with Crippen LogP contribution in [0.25, 0.3) is 0 Å². The molecule has 0 radical (unpaired) electrons. The molecule has 25 heavy (non-hydrogen) atoms. The van der Waals surface area contributed by atoms with Crippen LogP contribution in [-0.4, -0.2) is 16.1 Å². The third-order valence-corrected chi connectivity index (χ3v) is 3.29. The molecular formula is C17H18N2O6. The van der Waals surface area contributed by atoms with Crippen LogP contribution in [0, 0.1) is 25.6 Å². The first-order chi connectivity index (χ1) is 11.7. The lowest BCUT2D eigenvalue weighted by Crippen LogP contribution is -2.37. The lowest BCUT2D eigenvalue weighted by molar-refractivity contribution is -0.385. The summed E-state index contributed by atoms with van der Waals surface area (Å²) in [6.07, 6.45) is -0.699. The van der Waals surface area contributed by atoms with Crippen LogP contribution in [0.5, 0.6) is 11.5 Å². The average Bonchev–Trinajstić information content (AvgIpc) is 2.54. The van der Waals surface area contributed by atoms with E-state index >= 15 is 0 Å². The van der Waals surface area contributed by atoms with Gasteiger partial charge in [0.25, 0.3) is 11.4 Å². The lowest BCUT2D eigenvalue weighted by Gasteiger charge is -2.31. The zero-order valence-electron chi connectivity index (χ0n) is 14.0. The monoisotopic (exact) mass is 346 g/mol. The number of hydrogen-bond acceptors (Lipinski definition) is 6. The first-order valence-electron chi connectivity index (χ1n) is 7.49. The van der Waals surface area contributed by atoms with Gasteiger partial charge in [0, 0.05) is 29.7 Å². The highest BCUT2D eigenvalue weighted by Crippen LogP contribution is 2.29. The average molecular weight is 346 g/mol. The smallest absolute Gasteiger partial charge is 0.269 e. The fraction of sp³-hybridized carbons (Fsp3) is 0.294. The summed E-state index contributed by atoms with van der Waals surface area (Å²) >= 11 is 0. The van der Waals surface area contributed by atoms with Gasteiger partial charge in [-0.3, -0.25) is 20.2 Å². The van der Waals surface area contributed by atoms with Crippen molar-refractivity contribution in [1.29, 1.82) is 0 Å². The lowest BCUT2D eigenvalue weighted by atomic mass is 9.96. The zero-order chi connectivity index (χ0) is 18.6. The molecule has 0 saturated heterocycles. The predicted molar refractivity (Wildman–Crippen MR) is 90.7 cm³/mol. The molecule has 0 aliphatic carbocycles. The van der Waals surface area contributed by atoms with Crippen molar-refractivity contribution in [3.63, 3.8) is 0 Å². The first kappa shape index (κ1) is 18.2. The molecule has 132 valence electrons. The van der Waals surface area contributed by atoms with Gasteiger partial charge in [-0.05, 0) is 24.3 Å². The maximum Gasteiger partial charge on any atom is 0.269 e. The second-order valence-corrected chi connectivity index (χ2v) is 6.44. The molecule has 0 aliphatic heterocycles. The van der Waals surface area contributed by atoms with E-state index in [2.05, 4.69) is 0 Å². The topological polar surface area (TPSA) is 105 Å². The molecule has 8 heteroatoms. The van der Waals surface area contributed by atoms with Crippen molar-refractivity contribution in [3.05, 3.63) is 68.8 Å². The van der Waals surface area contributed by atoms with Crippen molar-refractivity contribution < 1.29 is 19.3 Å². The number of nitrogens with zero attached hydrogens (tertiary/aromatic N) is 2. The van der Waals surface area contributed by atoms with E-state index in [9.17, 15) is 20.2 Å². The standard InChI is InChI=1S/C17H18N2O6/c1-17(2,3)16(24-14-8-4-12(5-9-14)18(20)21)25-15-10-6-13(7-11-15)19(22)23/h4-11,16H,1-3H3. The third-order valence-electron chi connectivity index (χ3n) is 3.29. The van der Waals surface area contributed by atoms with Crippen LogP contribution in [0.2, 0.25) is 0 Å². The fourth-order valence-electron chi connectivity index (χ4n) is 1.92. The Bertz CT molecular complexity index is 691. The van der Waals surface area contributed by atoms with Crippen LogP contribution >= 0.6 is 0 Å². The van der Waals surface area contributed by atoms with Crippen molar-refractivity contribution in [2.45, 2.75) is 27.1 Å². The molecular weight excluding hydrogens is 328 g/mol. The van der Waals surface area contributed by atoms with E-state index in [0.717, 1.165) is 0 Å². The number of nitro benzene ring substituents is 2. The van der Waals surface area contributed by atoms with Gasteiger partial charge < -0.3 is 9.47 Å². The molecule has 0 bridgehead atoms. The number of hydrogen-bond donors (Lipinski definition) is 0. The summed E-state index contributed by atoms with van der Waals surface area (Å²) in [6.45, 7) is 5.73. The van der Waals surface area contributed by atoms with E-state index in [1.54, 1.807) is 0 Å². The van der Waals surface area contributed by atoms with Crippen molar-refractivity contribution in [2.24, 2.45) is 5.41 Å². The first-order valence-corrected chi connectivity index (χ1v) is 7.49. The van der Waals surface area contributed by atoms with Crippen molar-refractivity contribution in [2.75, 3.05) is 0 Å². The molecule has 0 unspecified atom stereocenters. The minimum absolute atomic E-state index is 0.0315. The largest absolute Gasteiger partial charge is 0.454 e. The van der Waals surface area contributed by atoms with Gasteiger partial charge in [0.05, 0.1) is 9.85 Å². The van der Waals surface area contributed by atoms with Crippen LogP contribution in [0.1, 0.15) is 20.8 Å². The van der Waals surface area contributed by atoms with E-state index in [-0.39, 0.29) is 11.4 Å². The Morgan fingerprint density at radius 1 is 0.760 bits per heavy atom. The van der Waals surface area contributed by atoms with Crippen LogP contribution in [0.3, 0.4) is 0 Å². The van der Waals surface area contributed by atoms with E-state index in [1.165, 1.54) is 48.5 Å². The molecule has 0 amide bonds. The van der Waals surface area contributed by atoms with Gasteiger partial charge in [0.1, 0.15) is 11.5 Å². The molecule has 8 nitrogen and oxygen atoms in total. The number of ether oxygens (including phenoxy) is 2. The Balaban J connectivity index is 2.16. The highest BCUT2D eigenvalue weighted by Gasteiger charge is 2.29. The number of nitro groups is 2. The van der Waals surface area contributed by atoms with Crippen LogP contribution < -0.4 is 9.47 Å². The summed E-state index contributed by atoms with van der Waals surface area (Å²) in [7, 11) is 0. The molecule has 0 aromatic heterocycles. The van der Waals surface area contributed by atoms with E-state index in [1.807, 2.05) is 20.8 Å². The third kappa shape index (κ3) is 4.90. The van der Waals surface area contributed by atoms with Gasteiger partial charge >= 0.3 is 0 Å². The molecule has 0 heterocycles. The SMILES string of the molecule is CC(C)(C)C(Oc1ccc([N+](=O)[O-])cc1)Oc1ccc([N+](=O)[O-])cc1. The van der Waals surface area contributed by atoms with Crippen molar-refractivity contribution in [3.8, 4) is 11.5 Å². The summed E-state index contributed by atoms with van der Waals surface area (Å²) in [5, 5.41) is 21.4. The Labute approximate surface area is 144 Å². The fourth-order valence-corrected chi connectivity index (χ4v) is 1.92. The molecule has 0 fully saturated rings. The summed E-state index contributed by atoms with van der Waals surface area (Å²) < 4.78 is 11.6. The van der Waals surface area contributed by atoms with Crippen molar-refractivity contribution >= 4 is 11.4 Å². The molecule has 2 rings (SSSR count). The highest BCUT2D eigenvalue weighted by molar-refractivity contribution is 5.37. The van der Waals surface area contributed by atoms with Crippen molar-refractivity contribution in [1.82, 2.24) is 0 Å². The van der Waals surface area contributed by atoms with Crippen LogP contribution in [-0.2, 0) is 0 Å². The molecule has 0 N–H and O–H groups in total. The predicted octanol–water partition coefficient (Wildman–Crippen LogP) is 4.33. The molecule has 2 aromatic rings. The molecule has 0 saturated carbocycles.